The molecule has 0 aliphatic rings. The Morgan fingerprint density at radius 1 is 1.08 bits per heavy atom. The average Bonchev–Trinajstić information content (AvgIpc) is 3.18. The summed E-state index contributed by atoms with van der Waals surface area (Å²) in [6.45, 7) is 5.12. The number of rotatable bonds is 4. The molecule has 13 heteroatoms. The van der Waals surface area contributed by atoms with E-state index in [0.29, 0.717) is 34.6 Å². The van der Waals surface area contributed by atoms with Gasteiger partial charge in [-0.1, -0.05) is 42.0 Å². The molecule has 4 rings (SSSR count). The van der Waals surface area contributed by atoms with Gasteiger partial charge in [0.15, 0.2) is 5.69 Å². The highest BCUT2D eigenvalue weighted by Gasteiger charge is 2.34. The first-order valence-electron chi connectivity index (χ1n) is 11.2. The zero-order valence-electron chi connectivity index (χ0n) is 21.1. The van der Waals surface area contributed by atoms with Crippen LogP contribution in [0, 0.1) is 20.8 Å². The zero-order valence-corrected chi connectivity index (χ0v) is 21.9. The number of hydrogen-bond donors (Lipinski definition) is 2. The van der Waals surface area contributed by atoms with Crippen LogP contribution >= 0.6 is 0 Å². The predicted octanol–water partition coefficient (Wildman–Crippen LogP) is 3.19. The Balaban J connectivity index is 0.000000260. The molecule has 0 saturated heterocycles. The number of nitrogens with two attached hydrogens (primary N) is 2. The van der Waals surface area contributed by atoms with Gasteiger partial charge in [-0.15, -0.1) is 4.68 Å². The van der Waals surface area contributed by atoms with Crippen LogP contribution in [0.2, 0.25) is 0 Å². The number of nitrogens with zero attached hydrogens (tertiary/aromatic N) is 4. The van der Waals surface area contributed by atoms with Crippen molar-refractivity contribution in [3.05, 3.63) is 88.6 Å². The second-order valence-corrected chi connectivity index (χ2v) is 10.1. The summed E-state index contributed by atoms with van der Waals surface area (Å²) in [5, 5.41) is 0. The SMILES string of the molecule is Cc1cc(C)c(S(=O)(=O)[O-])c(C)c1.Cn1cc(C(F)(F)F)nc1-c1ccc(Cc2ncc[n+](N)c2N)cc1. The van der Waals surface area contributed by atoms with Gasteiger partial charge in [0.05, 0.1) is 11.1 Å². The maximum Gasteiger partial charge on any atom is 0.434 e. The fourth-order valence-corrected chi connectivity index (χ4v) is 4.93. The Bertz CT molecular complexity index is 1540. The van der Waals surface area contributed by atoms with E-state index in [-0.39, 0.29) is 10.7 Å². The van der Waals surface area contributed by atoms with E-state index in [9.17, 15) is 26.1 Å². The zero-order chi connectivity index (χ0) is 28.4. The molecule has 0 amide bonds. The van der Waals surface area contributed by atoms with E-state index >= 15 is 0 Å². The van der Waals surface area contributed by atoms with E-state index in [0.717, 1.165) is 17.3 Å². The Kier molecular flexibility index (Phi) is 8.12. The number of aromatic nitrogens is 4. The van der Waals surface area contributed by atoms with Crippen LogP contribution in [-0.4, -0.2) is 27.5 Å². The van der Waals surface area contributed by atoms with Crippen LogP contribution in [0.1, 0.15) is 33.6 Å². The van der Waals surface area contributed by atoms with Crippen molar-refractivity contribution in [2.45, 2.75) is 38.3 Å². The third-order valence-electron chi connectivity index (χ3n) is 5.64. The number of imidazole rings is 1. The van der Waals surface area contributed by atoms with E-state index in [4.69, 9.17) is 11.6 Å². The Labute approximate surface area is 218 Å². The molecule has 0 aliphatic carbocycles. The number of alkyl halides is 3. The van der Waals surface area contributed by atoms with Crippen LogP contribution in [0.4, 0.5) is 19.0 Å². The molecule has 0 saturated carbocycles. The van der Waals surface area contributed by atoms with Gasteiger partial charge >= 0.3 is 12.0 Å². The fraction of sp³-hybridized carbons (Fsp3) is 0.240. The first-order chi connectivity index (χ1) is 17.6. The van der Waals surface area contributed by atoms with E-state index < -0.39 is 22.0 Å². The lowest BCUT2D eigenvalue weighted by atomic mass is 10.1. The second-order valence-electron chi connectivity index (χ2n) is 8.78. The molecule has 0 radical (unpaired) electrons. The van der Waals surface area contributed by atoms with Crippen LogP contribution in [-0.2, 0) is 29.8 Å². The highest BCUT2D eigenvalue weighted by Crippen LogP contribution is 2.30. The first-order valence-corrected chi connectivity index (χ1v) is 12.6. The first kappa shape index (κ1) is 28.6. The number of aryl methyl sites for hydroxylation is 4. The normalized spacial score (nSPS) is 11.7. The molecule has 2 aromatic carbocycles. The van der Waals surface area contributed by atoms with E-state index in [1.165, 1.54) is 16.3 Å². The van der Waals surface area contributed by atoms with E-state index in [1.54, 1.807) is 62.6 Å². The summed E-state index contributed by atoms with van der Waals surface area (Å²) in [7, 11) is -2.80. The van der Waals surface area contributed by atoms with Gasteiger partial charge in [-0.3, -0.25) is 11.6 Å². The van der Waals surface area contributed by atoms with Gasteiger partial charge in [-0.05, 0) is 37.5 Å². The molecular formula is C25H27F3N6O3S. The van der Waals surface area contributed by atoms with Crippen LogP contribution in [0.5, 0.6) is 0 Å². The predicted molar refractivity (Wildman–Crippen MR) is 134 cm³/mol. The quantitative estimate of drug-likeness (QED) is 0.226. The van der Waals surface area contributed by atoms with Crippen molar-refractivity contribution >= 4 is 15.9 Å². The molecule has 2 aromatic heterocycles. The molecule has 0 bridgehead atoms. The molecular weight excluding hydrogens is 521 g/mol. The Morgan fingerprint density at radius 3 is 2.16 bits per heavy atom. The lowest BCUT2D eigenvalue weighted by Crippen LogP contribution is -2.47. The van der Waals surface area contributed by atoms with Crippen molar-refractivity contribution in [3.63, 3.8) is 0 Å². The largest absolute Gasteiger partial charge is 0.744 e. The molecule has 0 atom stereocenters. The summed E-state index contributed by atoms with van der Waals surface area (Å²) in [6.07, 6.45) is 0.0499. The summed E-state index contributed by atoms with van der Waals surface area (Å²) in [4.78, 5) is 7.78. The minimum Gasteiger partial charge on any atom is -0.744 e. The molecule has 0 unspecified atom stereocenters. The minimum atomic E-state index is -4.47. The maximum absolute atomic E-state index is 12.8. The summed E-state index contributed by atoms with van der Waals surface area (Å²) < 4.78 is 73.4. The Morgan fingerprint density at radius 2 is 1.66 bits per heavy atom. The highest BCUT2D eigenvalue weighted by molar-refractivity contribution is 7.85. The minimum absolute atomic E-state index is 0.0851. The van der Waals surface area contributed by atoms with Gasteiger partial charge in [-0.2, -0.15) is 13.2 Å². The van der Waals surface area contributed by atoms with Crippen molar-refractivity contribution in [2.75, 3.05) is 11.6 Å². The van der Waals surface area contributed by atoms with E-state index in [2.05, 4.69) is 9.97 Å². The van der Waals surface area contributed by atoms with Crippen molar-refractivity contribution in [2.24, 2.45) is 7.05 Å². The van der Waals surface area contributed by atoms with Crippen LogP contribution in [0.15, 0.2) is 59.9 Å². The summed E-state index contributed by atoms with van der Waals surface area (Å²) >= 11 is 0. The van der Waals surface area contributed by atoms with Gasteiger partial charge < -0.3 is 9.12 Å². The lowest BCUT2D eigenvalue weighted by molar-refractivity contribution is -0.624. The molecule has 202 valence electrons. The number of halogens is 3. The fourth-order valence-electron chi connectivity index (χ4n) is 4.02. The Hall–Kier alpha value is -3.97. The third kappa shape index (κ3) is 6.66. The average molecular weight is 549 g/mol. The highest BCUT2D eigenvalue weighted by atomic mass is 32.2. The van der Waals surface area contributed by atoms with Gasteiger partial charge in [0.1, 0.15) is 27.8 Å². The van der Waals surface area contributed by atoms with E-state index in [1.807, 2.05) is 6.92 Å². The van der Waals surface area contributed by atoms with Crippen molar-refractivity contribution in [1.82, 2.24) is 14.5 Å². The van der Waals surface area contributed by atoms with Gasteiger partial charge in [0, 0.05) is 25.2 Å². The molecule has 38 heavy (non-hydrogen) atoms. The molecule has 2 heterocycles. The molecule has 0 fully saturated rings. The van der Waals surface area contributed by atoms with Gasteiger partial charge in [0.25, 0.3) is 0 Å². The summed E-state index contributed by atoms with van der Waals surface area (Å²) in [5.74, 6) is 6.28. The molecule has 9 nitrogen and oxygen atoms in total. The van der Waals surface area contributed by atoms with Crippen molar-refractivity contribution in [3.8, 4) is 11.4 Å². The van der Waals surface area contributed by atoms with Gasteiger partial charge in [0.2, 0.25) is 0 Å². The monoisotopic (exact) mass is 548 g/mol. The molecule has 4 N–H and O–H groups in total. The van der Waals surface area contributed by atoms with Crippen LogP contribution in [0.3, 0.4) is 0 Å². The smallest absolute Gasteiger partial charge is 0.434 e. The van der Waals surface area contributed by atoms with Crippen molar-refractivity contribution < 1.29 is 30.8 Å². The molecule has 4 aromatic rings. The van der Waals surface area contributed by atoms with Crippen LogP contribution < -0.4 is 16.3 Å². The third-order valence-corrected chi connectivity index (χ3v) is 6.78. The summed E-state index contributed by atoms with van der Waals surface area (Å²) in [6, 6.07) is 10.4. The second kappa shape index (κ2) is 10.8. The van der Waals surface area contributed by atoms with Crippen molar-refractivity contribution in [1.29, 1.82) is 0 Å². The standard InChI is InChI=1S/C16H15F3N6.C9H12O3S/c1-24-9-13(16(17,18)19)23-15(24)11-4-2-10(3-5-11)8-12-14(20)25(21)7-6-22-12;1-6-4-7(2)9(8(3)5-6)13(10,11)12/h2-7,9,20H,8,21H2,1H3;4-5H,1-3H3,(H,10,11,12). The number of nitrogen functional groups attached to an aromatic ring is 2. The number of benzene rings is 2. The van der Waals surface area contributed by atoms with Crippen LogP contribution in [0.25, 0.3) is 11.4 Å². The lowest BCUT2D eigenvalue weighted by Gasteiger charge is -2.14. The van der Waals surface area contributed by atoms with Gasteiger partial charge in [-0.25, -0.2) is 18.4 Å². The maximum atomic E-state index is 12.8. The summed E-state index contributed by atoms with van der Waals surface area (Å²) in [5.41, 5.74) is 9.07. The molecule has 0 spiro atoms. The topological polar surface area (TPSA) is 144 Å². The number of anilines is 1. The number of hydrogen-bond acceptors (Lipinski definition) is 7. The molecule has 0 aliphatic heterocycles.